The van der Waals surface area contributed by atoms with Crippen molar-refractivity contribution < 1.29 is 9.18 Å². The number of hydrogen-bond acceptors (Lipinski definition) is 2. The van der Waals surface area contributed by atoms with E-state index in [0.717, 1.165) is 0 Å². The van der Waals surface area contributed by atoms with Crippen molar-refractivity contribution >= 4 is 27.7 Å². The Morgan fingerprint density at radius 1 is 1.46 bits per heavy atom. The van der Waals surface area contributed by atoms with Gasteiger partial charge in [-0.05, 0) is 34.1 Å². The number of isocyanates is 1. The zero-order valence-corrected chi connectivity index (χ0v) is 8.93. The highest BCUT2D eigenvalue weighted by Crippen LogP contribution is 2.24. The third-order valence-corrected chi connectivity index (χ3v) is 1.71. The topological polar surface area (TPSA) is 29.4 Å². The highest BCUT2D eigenvalue weighted by molar-refractivity contribution is 9.10. The van der Waals surface area contributed by atoms with Gasteiger partial charge in [0.25, 0.3) is 0 Å². The number of hydrogen-bond donors (Lipinski definition) is 0. The van der Waals surface area contributed by atoms with Crippen LogP contribution in [0.25, 0.3) is 0 Å². The number of nitrogens with zero attached hydrogens (tertiary/aromatic N) is 1. The van der Waals surface area contributed by atoms with E-state index >= 15 is 0 Å². The first-order valence-electron chi connectivity index (χ1n) is 3.77. The molecule has 0 atom stereocenters. The van der Waals surface area contributed by atoms with Gasteiger partial charge in [0.05, 0.1) is 5.69 Å². The first kappa shape index (κ1) is 12.0. The fourth-order valence-corrected chi connectivity index (χ4v) is 1.06. The van der Waals surface area contributed by atoms with Gasteiger partial charge in [0.2, 0.25) is 6.08 Å². The predicted molar refractivity (Wildman–Crippen MR) is 53.2 cm³/mol. The fourth-order valence-electron chi connectivity index (χ4n) is 0.621. The van der Waals surface area contributed by atoms with E-state index in [4.69, 9.17) is 0 Å². The van der Waals surface area contributed by atoms with E-state index in [1.54, 1.807) is 0 Å². The van der Waals surface area contributed by atoms with E-state index in [2.05, 4.69) is 20.9 Å². The molecule has 0 aliphatic rings. The number of rotatable bonds is 1. The molecule has 0 N–H and O–H groups in total. The Morgan fingerprint density at radius 3 is 2.54 bits per heavy atom. The summed E-state index contributed by atoms with van der Waals surface area (Å²) in [6.45, 7) is 4.00. The maximum Gasteiger partial charge on any atom is 0.240 e. The zero-order chi connectivity index (χ0) is 10.3. The summed E-state index contributed by atoms with van der Waals surface area (Å²) in [4.78, 5) is 13.1. The Balaban J connectivity index is 0.000000671. The monoisotopic (exact) mass is 245 g/mol. The summed E-state index contributed by atoms with van der Waals surface area (Å²) in [7, 11) is 0. The third kappa shape index (κ3) is 3.97. The van der Waals surface area contributed by atoms with Crippen molar-refractivity contribution in [2.24, 2.45) is 4.99 Å². The molecule has 0 fully saturated rings. The van der Waals surface area contributed by atoms with Gasteiger partial charge in [-0.3, -0.25) is 0 Å². The summed E-state index contributed by atoms with van der Waals surface area (Å²) in [6, 6.07) is 3.85. The van der Waals surface area contributed by atoms with E-state index in [9.17, 15) is 9.18 Å². The predicted octanol–water partition coefficient (Wildman–Crippen LogP) is 3.58. The van der Waals surface area contributed by atoms with E-state index < -0.39 is 0 Å². The fraction of sp³-hybridized carbons (Fsp3) is 0.222. The smallest absolute Gasteiger partial charge is 0.211 e. The number of benzene rings is 1. The normalized spacial score (nSPS) is 8.00. The minimum absolute atomic E-state index is 0.373. The minimum Gasteiger partial charge on any atom is -0.211 e. The van der Waals surface area contributed by atoms with Crippen LogP contribution in [0.1, 0.15) is 13.8 Å². The van der Waals surface area contributed by atoms with Crippen molar-refractivity contribution in [1.29, 1.82) is 0 Å². The van der Waals surface area contributed by atoms with Gasteiger partial charge >= 0.3 is 0 Å². The number of carbonyl (C=O) groups excluding carboxylic acids is 1. The second kappa shape index (κ2) is 6.52. The summed E-state index contributed by atoms with van der Waals surface area (Å²) >= 11 is 3.04. The maximum absolute atomic E-state index is 12.4. The van der Waals surface area contributed by atoms with Gasteiger partial charge in [0, 0.05) is 4.47 Å². The minimum atomic E-state index is -0.373. The molecule has 0 saturated heterocycles. The summed E-state index contributed by atoms with van der Waals surface area (Å²) < 4.78 is 12.9. The average Bonchev–Trinajstić information content (AvgIpc) is 2.14. The van der Waals surface area contributed by atoms with Crippen LogP contribution in [0, 0.1) is 5.82 Å². The molecule has 1 rings (SSSR count). The van der Waals surface area contributed by atoms with Crippen molar-refractivity contribution in [2.75, 3.05) is 0 Å². The lowest BCUT2D eigenvalue weighted by molar-refractivity contribution is 0.565. The standard InChI is InChI=1S/C7H3BrFNO.C2H6/c8-6-3-5(9)1-2-7(6)10-4-11;1-2/h1-3H;1-2H3. The lowest BCUT2D eigenvalue weighted by Crippen LogP contribution is -1.73. The third-order valence-electron chi connectivity index (χ3n) is 1.08. The van der Waals surface area contributed by atoms with E-state index in [-0.39, 0.29) is 5.82 Å². The second-order valence-electron chi connectivity index (χ2n) is 1.80. The SMILES string of the molecule is CC.O=C=Nc1ccc(F)cc1Br. The Bertz CT molecular complexity index is 321. The Labute approximate surface area is 84.6 Å². The summed E-state index contributed by atoms with van der Waals surface area (Å²) in [5, 5.41) is 0. The molecular formula is C9H9BrFNO. The van der Waals surface area contributed by atoms with E-state index in [1.807, 2.05) is 13.8 Å². The largest absolute Gasteiger partial charge is 0.240 e. The maximum atomic E-state index is 12.4. The quantitative estimate of drug-likeness (QED) is 0.550. The molecule has 0 amide bonds. The van der Waals surface area contributed by atoms with Crippen LogP contribution in [0.4, 0.5) is 10.1 Å². The molecule has 2 nitrogen and oxygen atoms in total. The van der Waals surface area contributed by atoms with Gasteiger partial charge in [-0.15, -0.1) is 0 Å². The molecule has 4 heteroatoms. The van der Waals surface area contributed by atoms with Crippen LogP contribution in [0.5, 0.6) is 0 Å². The van der Waals surface area contributed by atoms with Crippen LogP contribution in [-0.4, -0.2) is 6.08 Å². The molecule has 0 saturated carbocycles. The van der Waals surface area contributed by atoms with E-state index in [1.165, 1.54) is 24.3 Å². The van der Waals surface area contributed by atoms with Gasteiger partial charge < -0.3 is 0 Å². The van der Waals surface area contributed by atoms with E-state index in [0.29, 0.717) is 10.2 Å². The van der Waals surface area contributed by atoms with Gasteiger partial charge in [0.15, 0.2) is 0 Å². The highest BCUT2D eigenvalue weighted by Gasteiger charge is 1.98. The van der Waals surface area contributed by atoms with Crippen LogP contribution in [-0.2, 0) is 4.79 Å². The number of halogens is 2. The van der Waals surface area contributed by atoms with Crippen molar-refractivity contribution in [3.63, 3.8) is 0 Å². The lowest BCUT2D eigenvalue weighted by Gasteiger charge is -1.93. The van der Waals surface area contributed by atoms with Crippen molar-refractivity contribution in [2.45, 2.75) is 13.8 Å². The molecule has 0 aliphatic heterocycles. The molecule has 0 aromatic heterocycles. The van der Waals surface area contributed by atoms with Gasteiger partial charge in [-0.1, -0.05) is 13.8 Å². The molecule has 70 valence electrons. The molecule has 0 heterocycles. The Morgan fingerprint density at radius 2 is 2.08 bits per heavy atom. The number of aliphatic imine (C=N–C) groups is 1. The second-order valence-corrected chi connectivity index (χ2v) is 2.65. The average molecular weight is 246 g/mol. The van der Waals surface area contributed by atoms with Crippen molar-refractivity contribution in [1.82, 2.24) is 0 Å². The Hall–Kier alpha value is -0.990. The molecular weight excluding hydrogens is 237 g/mol. The van der Waals surface area contributed by atoms with Crippen LogP contribution in [0.3, 0.4) is 0 Å². The highest BCUT2D eigenvalue weighted by atomic mass is 79.9. The summed E-state index contributed by atoms with van der Waals surface area (Å²) in [6.07, 6.45) is 1.37. The van der Waals surface area contributed by atoms with Gasteiger partial charge in [-0.25, -0.2) is 9.18 Å². The molecule has 1 aromatic rings. The summed E-state index contributed by atoms with van der Waals surface area (Å²) in [5.74, 6) is -0.373. The lowest BCUT2D eigenvalue weighted by atomic mass is 10.3. The van der Waals surface area contributed by atoms with Gasteiger partial charge in [0.1, 0.15) is 5.82 Å². The molecule has 13 heavy (non-hydrogen) atoms. The first-order valence-corrected chi connectivity index (χ1v) is 4.56. The molecule has 0 unspecified atom stereocenters. The van der Waals surface area contributed by atoms with Crippen LogP contribution in [0.15, 0.2) is 27.7 Å². The zero-order valence-electron chi connectivity index (χ0n) is 7.34. The molecule has 0 radical (unpaired) electrons. The van der Waals surface area contributed by atoms with Crippen LogP contribution >= 0.6 is 15.9 Å². The van der Waals surface area contributed by atoms with Crippen LogP contribution in [0.2, 0.25) is 0 Å². The molecule has 0 bridgehead atoms. The van der Waals surface area contributed by atoms with Crippen LogP contribution < -0.4 is 0 Å². The Kier molecular flexibility index (Phi) is 6.02. The molecule has 0 spiro atoms. The van der Waals surface area contributed by atoms with Crippen molar-refractivity contribution in [3.05, 3.63) is 28.5 Å². The van der Waals surface area contributed by atoms with Gasteiger partial charge in [-0.2, -0.15) is 4.99 Å². The van der Waals surface area contributed by atoms with Crippen molar-refractivity contribution in [3.8, 4) is 0 Å². The summed E-state index contributed by atoms with van der Waals surface area (Å²) in [5.41, 5.74) is 0.376. The molecule has 0 aliphatic carbocycles. The molecule has 1 aromatic carbocycles. The first-order chi connectivity index (χ1) is 6.24.